The first-order chi connectivity index (χ1) is 10.2. The fourth-order valence-corrected chi connectivity index (χ4v) is 3.56. The van der Waals surface area contributed by atoms with E-state index in [-0.39, 0.29) is 11.0 Å². The Morgan fingerprint density at radius 2 is 1.90 bits per heavy atom. The molecule has 3 heteroatoms. The third-order valence-corrected chi connectivity index (χ3v) is 5.19. The summed E-state index contributed by atoms with van der Waals surface area (Å²) in [5.41, 5.74) is 2.65. The number of fused-ring (bicyclic) bond motifs is 3. The van der Waals surface area contributed by atoms with Gasteiger partial charge in [-0.3, -0.25) is 0 Å². The van der Waals surface area contributed by atoms with Crippen molar-refractivity contribution in [1.82, 2.24) is 0 Å². The van der Waals surface area contributed by atoms with Gasteiger partial charge in [-0.15, -0.1) is 11.6 Å². The number of halogens is 1. The summed E-state index contributed by atoms with van der Waals surface area (Å²) in [6.45, 7) is 2.91. The van der Waals surface area contributed by atoms with Crippen LogP contribution in [0.25, 0.3) is 21.9 Å². The molecule has 0 aliphatic carbocycles. The van der Waals surface area contributed by atoms with Crippen molar-refractivity contribution in [3.8, 4) is 0 Å². The number of ether oxygens (including phenoxy) is 1. The number of rotatable bonds is 2. The van der Waals surface area contributed by atoms with Crippen LogP contribution >= 0.6 is 11.6 Å². The molecule has 0 amide bonds. The lowest BCUT2D eigenvalue weighted by atomic mass is 9.92. The molecule has 0 radical (unpaired) electrons. The average Bonchev–Trinajstić information content (AvgIpc) is 3.10. The van der Waals surface area contributed by atoms with Crippen molar-refractivity contribution in [2.45, 2.75) is 30.7 Å². The summed E-state index contributed by atoms with van der Waals surface area (Å²) < 4.78 is 11.7. The molecule has 1 aliphatic heterocycles. The molecule has 1 saturated heterocycles. The summed E-state index contributed by atoms with van der Waals surface area (Å²) in [7, 11) is 0. The lowest BCUT2D eigenvalue weighted by Gasteiger charge is -2.29. The predicted molar refractivity (Wildman–Crippen MR) is 85.9 cm³/mol. The van der Waals surface area contributed by atoms with Crippen LogP contribution in [0.1, 0.15) is 30.7 Å². The highest BCUT2D eigenvalue weighted by molar-refractivity contribution is 6.22. The number of para-hydroxylation sites is 1. The minimum atomic E-state index is -0.269. The average molecular weight is 301 g/mol. The van der Waals surface area contributed by atoms with Crippen molar-refractivity contribution in [3.63, 3.8) is 0 Å². The maximum absolute atomic E-state index is 6.72. The second-order valence-corrected chi connectivity index (χ2v) is 6.42. The van der Waals surface area contributed by atoms with E-state index in [9.17, 15) is 0 Å². The summed E-state index contributed by atoms with van der Waals surface area (Å²) >= 11 is 6.72. The molecule has 0 N–H and O–H groups in total. The predicted octanol–water partition coefficient (Wildman–Crippen LogP) is 5.44. The lowest BCUT2D eigenvalue weighted by Crippen LogP contribution is -2.28. The third kappa shape index (κ3) is 2.05. The molecule has 0 spiro atoms. The Kier molecular flexibility index (Phi) is 2.98. The van der Waals surface area contributed by atoms with E-state index in [1.807, 2.05) is 24.3 Å². The van der Waals surface area contributed by atoms with E-state index in [0.29, 0.717) is 0 Å². The molecule has 4 rings (SSSR count). The van der Waals surface area contributed by atoms with E-state index in [0.717, 1.165) is 47.0 Å². The summed E-state index contributed by atoms with van der Waals surface area (Å²) in [5, 5.41) is 2.11. The Bertz CT molecular complexity index is 799. The largest absolute Gasteiger partial charge is 0.456 e. The molecule has 1 fully saturated rings. The molecule has 2 nitrogen and oxygen atoms in total. The molecular weight excluding hydrogens is 284 g/mol. The Balaban J connectivity index is 1.84. The first-order valence-electron chi connectivity index (χ1n) is 7.37. The molecule has 2 unspecified atom stereocenters. The minimum Gasteiger partial charge on any atom is -0.456 e. The van der Waals surface area contributed by atoms with Crippen molar-refractivity contribution in [2.24, 2.45) is 0 Å². The van der Waals surface area contributed by atoms with Gasteiger partial charge in [-0.1, -0.05) is 24.3 Å². The second-order valence-electron chi connectivity index (χ2n) is 5.98. The van der Waals surface area contributed by atoms with Crippen LogP contribution in [-0.4, -0.2) is 12.2 Å². The van der Waals surface area contributed by atoms with Crippen LogP contribution in [0.4, 0.5) is 0 Å². The van der Waals surface area contributed by atoms with Crippen molar-refractivity contribution in [3.05, 3.63) is 48.0 Å². The van der Waals surface area contributed by atoms with Gasteiger partial charge < -0.3 is 9.15 Å². The molecule has 3 aromatic rings. The second kappa shape index (κ2) is 4.75. The zero-order valence-corrected chi connectivity index (χ0v) is 12.7. The van der Waals surface area contributed by atoms with Crippen LogP contribution in [0.5, 0.6) is 0 Å². The molecule has 108 valence electrons. The normalized spacial score (nSPS) is 23.9. The Morgan fingerprint density at radius 1 is 1.10 bits per heavy atom. The topological polar surface area (TPSA) is 22.4 Å². The monoisotopic (exact) mass is 300 g/mol. The molecule has 1 aliphatic rings. The standard InChI is InChI=1S/C18H17ClO2/c1-18(9-4-10-20-18)17(19)12-7-8-16-14(11-12)13-5-2-3-6-15(13)21-16/h2-3,5-8,11,17H,4,9-10H2,1H3. The Labute approximate surface area is 128 Å². The van der Waals surface area contributed by atoms with Gasteiger partial charge in [0.05, 0.1) is 11.0 Å². The van der Waals surface area contributed by atoms with Crippen molar-refractivity contribution in [2.75, 3.05) is 6.61 Å². The van der Waals surface area contributed by atoms with E-state index in [1.54, 1.807) is 0 Å². The maximum Gasteiger partial charge on any atom is 0.135 e. The van der Waals surface area contributed by atoms with Gasteiger partial charge in [0, 0.05) is 17.4 Å². The van der Waals surface area contributed by atoms with Gasteiger partial charge in [-0.05, 0) is 43.5 Å². The first kappa shape index (κ1) is 13.2. The highest BCUT2D eigenvalue weighted by atomic mass is 35.5. The van der Waals surface area contributed by atoms with Gasteiger partial charge in [0.2, 0.25) is 0 Å². The molecule has 0 saturated carbocycles. The molecule has 2 heterocycles. The van der Waals surface area contributed by atoms with Gasteiger partial charge >= 0.3 is 0 Å². The van der Waals surface area contributed by atoms with Crippen LogP contribution in [0, 0.1) is 0 Å². The van der Waals surface area contributed by atoms with Gasteiger partial charge in [0.25, 0.3) is 0 Å². The fourth-order valence-electron chi connectivity index (χ4n) is 3.25. The number of alkyl halides is 1. The van der Waals surface area contributed by atoms with E-state index < -0.39 is 0 Å². The summed E-state index contributed by atoms with van der Waals surface area (Å²) in [6, 6.07) is 14.3. The van der Waals surface area contributed by atoms with E-state index in [2.05, 4.69) is 25.1 Å². The van der Waals surface area contributed by atoms with Crippen molar-refractivity contribution < 1.29 is 9.15 Å². The highest BCUT2D eigenvalue weighted by Gasteiger charge is 2.38. The quantitative estimate of drug-likeness (QED) is 0.588. The Morgan fingerprint density at radius 3 is 2.71 bits per heavy atom. The van der Waals surface area contributed by atoms with Crippen LogP contribution in [0.3, 0.4) is 0 Å². The summed E-state index contributed by atoms with van der Waals surface area (Å²) in [6.07, 6.45) is 2.09. The van der Waals surface area contributed by atoms with Crippen LogP contribution in [0.15, 0.2) is 46.9 Å². The lowest BCUT2D eigenvalue weighted by molar-refractivity contribution is 0.0164. The first-order valence-corrected chi connectivity index (χ1v) is 7.80. The van der Waals surface area contributed by atoms with Crippen molar-refractivity contribution in [1.29, 1.82) is 0 Å². The van der Waals surface area contributed by atoms with E-state index in [4.69, 9.17) is 20.8 Å². The highest BCUT2D eigenvalue weighted by Crippen LogP contribution is 2.43. The van der Waals surface area contributed by atoms with Gasteiger partial charge in [-0.2, -0.15) is 0 Å². The van der Waals surface area contributed by atoms with E-state index in [1.165, 1.54) is 0 Å². The number of furan rings is 1. The number of hydrogen-bond acceptors (Lipinski definition) is 2. The zero-order valence-electron chi connectivity index (χ0n) is 11.9. The van der Waals surface area contributed by atoms with Gasteiger partial charge in [0.15, 0.2) is 0 Å². The van der Waals surface area contributed by atoms with Crippen LogP contribution in [0.2, 0.25) is 0 Å². The molecule has 21 heavy (non-hydrogen) atoms. The smallest absolute Gasteiger partial charge is 0.135 e. The third-order valence-electron chi connectivity index (χ3n) is 4.48. The minimum absolute atomic E-state index is 0.141. The Hall–Kier alpha value is -1.51. The summed E-state index contributed by atoms with van der Waals surface area (Å²) in [4.78, 5) is 0. The number of hydrogen-bond donors (Lipinski definition) is 0. The zero-order chi connectivity index (χ0) is 14.4. The number of benzene rings is 2. The van der Waals surface area contributed by atoms with Gasteiger partial charge in [0.1, 0.15) is 11.2 Å². The van der Waals surface area contributed by atoms with Crippen LogP contribution in [-0.2, 0) is 4.74 Å². The molecular formula is C18H17ClO2. The molecule has 0 bridgehead atoms. The van der Waals surface area contributed by atoms with Crippen LogP contribution < -0.4 is 0 Å². The summed E-state index contributed by atoms with van der Waals surface area (Å²) in [5.74, 6) is 0. The van der Waals surface area contributed by atoms with E-state index >= 15 is 0 Å². The maximum atomic E-state index is 6.72. The fraction of sp³-hybridized carbons (Fsp3) is 0.333. The van der Waals surface area contributed by atoms with Gasteiger partial charge in [-0.25, -0.2) is 0 Å². The molecule has 1 aromatic heterocycles. The molecule has 2 aromatic carbocycles. The van der Waals surface area contributed by atoms with Crippen molar-refractivity contribution >= 4 is 33.5 Å². The molecule has 2 atom stereocenters. The SMILES string of the molecule is CC1(C(Cl)c2ccc3oc4ccccc4c3c2)CCCO1.